The number of likely N-dealkylation sites (tertiary alicyclic amines) is 1. The van der Waals surface area contributed by atoms with Crippen LogP contribution in [0.4, 0.5) is 4.79 Å². The normalized spacial score (nSPS) is 20.0. The van der Waals surface area contributed by atoms with Crippen LogP contribution in [0.1, 0.15) is 38.3 Å². The van der Waals surface area contributed by atoms with E-state index in [1.54, 1.807) is 12.1 Å². The number of ether oxygens (including phenoxy) is 3. The van der Waals surface area contributed by atoms with E-state index in [0.29, 0.717) is 0 Å². The van der Waals surface area contributed by atoms with Crippen molar-refractivity contribution in [3.63, 3.8) is 0 Å². The molecule has 1 aliphatic heterocycles. The fourth-order valence-electron chi connectivity index (χ4n) is 4.16. The molecule has 3 atom stereocenters. The summed E-state index contributed by atoms with van der Waals surface area (Å²) in [5.41, 5.74) is 1.22. The molecule has 3 rings (SSSR count). The lowest BCUT2D eigenvalue weighted by molar-refractivity contribution is -0.147. The lowest BCUT2D eigenvalue weighted by Crippen LogP contribution is -2.44. The van der Waals surface area contributed by atoms with Crippen LogP contribution in [-0.4, -0.2) is 63.4 Å². The number of amides is 1. The summed E-state index contributed by atoms with van der Waals surface area (Å²) in [5, 5.41) is 0. The van der Waals surface area contributed by atoms with Crippen molar-refractivity contribution in [2.75, 3.05) is 20.3 Å². The van der Waals surface area contributed by atoms with Crippen molar-refractivity contribution in [1.82, 2.24) is 4.90 Å². The lowest BCUT2D eigenvalue weighted by atomic mass is 9.94. The van der Waals surface area contributed by atoms with E-state index in [-0.39, 0.29) is 31.1 Å². The van der Waals surface area contributed by atoms with Crippen LogP contribution in [0.15, 0.2) is 59.5 Å². The molecule has 0 N–H and O–H groups in total. The third-order valence-corrected chi connectivity index (χ3v) is 7.37. The van der Waals surface area contributed by atoms with E-state index in [4.69, 9.17) is 18.4 Å². The van der Waals surface area contributed by atoms with Gasteiger partial charge in [0.05, 0.1) is 24.2 Å². The maximum atomic E-state index is 13.1. The van der Waals surface area contributed by atoms with E-state index in [1.165, 1.54) is 24.1 Å². The molecule has 1 aliphatic rings. The Hall–Kier alpha value is -2.95. The largest absolute Gasteiger partial charge is 0.467 e. The smallest absolute Gasteiger partial charge is 0.410 e. The molecule has 2 aromatic rings. The molecule has 202 valence electrons. The molecule has 0 unspecified atom stereocenters. The Labute approximate surface area is 218 Å². The van der Waals surface area contributed by atoms with Gasteiger partial charge in [0.2, 0.25) is 0 Å². The van der Waals surface area contributed by atoms with E-state index in [9.17, 15) is 18.0 Å². The molecule has 1 amide bonds. The Morgan fingerprint density at radius 1 is 1.03 bits per heavy atom. The van der Waals surface area contributed by atoms with Crippen LogP contribution in [0, 0.1) is 12.8 Å². The van der Waals surface area contributed by atoms with Crippen LogP contribution in [0.25, 0.3) is 0 Å². The summed E-state index contributed by atoms with van der Waals surface area (Å²) in [6.45, 7) is 7.57. The molecular formula is C27H35NO8S. The fraction of sp³-hybridized carbons (Fsp3) is 0.481. The third kappa shape index (κ3) is 7.77. The zero-order valence-electron chi connectivity index (χ0n) is 21.9. The second-order valence-electron chi connectivity index (χ2n) is 9.98. The summed E-state index contributed by atoms with van der Waals surface area (Å²) in [6, 6.07) is 14.3. The summed E-state index contributed by atoms with van der Waals surface area (Å²) in [5.74, 6) is -1.39. The first-order valence-corrected chi connectivity index (χ1v) is 13.5. The van der Waals surface area contributed by atoms with Crippen LogP contribution in [-0.2, 0) is 39.9 Å². The number of hydrogen-bond acceptors (Lipinski definition) is 8. The summed E-state index contributed by atoms with van der Waals surface area (Å²) in [7, 11) is -2.96. The first kappa shape index (κ1) is 28.6. The summed E-state index contributed by atoms with van der Waals surface area (Å²) >= 11 is 0. The van der Waals surface area contributed by atoms with Crippen molar-refractivity contribution in [2.24, 2.45) is 5.92 Å². The van der Waals surface area contributed by atoms with Gasteiger partial charge in [-0.3, -0.25) is 9.08 Å². The van der Waals surface area contributed by atoms with Gasteiger partial charge in [-0.05, 0) is 51.8 Å². The minimum absolute atomic E-state index is 0.00490. The maximum Gasteiger partial charge on any atom is 0.410 e. The highest BCUT2D eigenvalue weighted by Crippen LogP contribution is 2.34. The van der Waals surface area contributed by atoms with Crippen molar-refractivity contribution in [3.05, 3.63) is 65.7 Å². The zero-order chi connectivity index (χ0) is 27.2. The monoisotopic (exact) mass is 533 g/mol. The Morgan fingerprint density at radius 2 is 1.68 bits per heavy atom. The quantitative estimate of drug-likeness (QED) is 0.350. The van der Waals surface area contributed by atoms with Crippen molar-refractivity contribution in [2.45, 2.75) is 63.4 Å². The second-order valence-corrected chi connectivity index (χ2v) is 11.5. The van der Waals surface area contributed by atoms with Crippen LogP contribution >= 0.6 is 0 Å². The molecule has 0 aliphatic carbocycles. The molecule has 0 radical (unpaired) electrons. The first-order chi connectivity index (χ1) is 17.4. The number of rotatable bonds is 9. The minimum atomic E-state index is -4.18. The van der Waals surface area contributed by atoms with Crippen molar-refractivity contribution < 1.29 is 36.4 Å². The molecule has 1 saturated heterocycles. The molecule has 0 bridgehead atoms. The number of nitrogens with zero attached hydrogens (tertiary/aromatic N) is 1. The predicted molar refractivity (Wildman–Crippen MR) is 136 cm³/mol. The van der Waals surface area contributed by atoms with Gasteiger partial charge in [-0.25, -0.2) is 9.59 Å². The van der Waals surface area contributed by atoms with Crippen molar-refractivity contribution in [3.8, 4) is 0 Å². The van der Waals surface area contributed by atoms with E-state index in [2.05, 4.69) is 0 Å². The van der Waals surface area contributed by atoms with Gasteiger partial charge in [-0.1, -0.05) is 48.0 Å². The van der Waals surface area contributed by atoms with Crippen molar-refractivity contribution >= 4 is 22.2 Å². The van der Waals surface area contributed by atoms with Crippen LogP contribution in [0.2, 0.25) is 0 Å². The molecule has 0 saturated carbocycles. The van der Waals surface area contributed by atoms with E-state index in [0.717, 1.165) is 11.1 Å². The van der Waals surface area contributed by atoms with Crippen LogP contribution in [0.5, 0.6) is 0 Å². The van der Waals surface area contributed by atoms with Crippen LogP contribution in [0.3, 0.4) is 0 Å². The van der Waals surface area contributed by atoms with E-state index in [1.807, 2.05) is 58.0 Å². The molecule has 0 spiro atoms. The van der Waals surface area contributed by atoms with Gasteiger partial charge < -0.3 is 14.2 Å². The average Bonchev–Trinajstić information content (AvgIpc) is 3.19. The molecular weight excluding hydrogens is 498 g/mol. The second kappa shape index (κ2) is 12.1. The maximum absolute atomic E-state index is 13.1. The Bertz CT molecular complexity index is 1160. The first-order valence-electron chi connectivity index (χ1n) is 12.1. The Kier molecular flexibility index (Phi) is 9.33. The van der Waals surface area contributed by atoms with E-state index >= 15 is 0 Å². The number of carbonyl (C=O) groups is 2. The standard InChI is InChI=1S/C27H35NO8S/c1-19-11-13-21(14-12-19)37(31,32)36-23-17-28(26(30)34-18-20-9-7-6-8-10-20)24(25(29)33-5)22(23)15-16-35-27(2,3)4/h6-14,22-24H,15-18H2,1-5H3/t22-,23-,24-/m0/s1. The van der Waals surface area contributed by atoms with Gasteiger partial charge in [-0.15, -0.1) is 0 Å². The molecule has 9 nitrogen and oxygen atoms in total. The summed E-state index contributed by atoms with van der Waals surface area (Å²) in [6.07, 6.45) is -1.52. The van der Waals surface area contributed by atoms with Gasteiger partial charge in [0.25, 0.3) is 10.1 Å². The zero-order valence-corrected chi connectivity index (χ0v) is 22.7. The number of methoxy groups -OCH3 is 1. The average molecular weight is 534 g/mol. The Balaban J connectivity index is 1.87. The molecule has 0 aromatic heterocycles. The third-order valence-electron chi connectivity index (χ3n) is 6.02. The number of aryl methyl sites for hydroxylation is 1. The number of hydrogen-bond donors (Lipinski definition) is 0. The summed E-state index contributed by atoms with van der Waals surface area (Å²) in [4.78, 5) is 27.2. The fourth-order valence-corrected chi connectivity index (χ4v) is 5.27. The highest BCUT2D eigenvalue weighted by Gasteiger charge is 2.51. The molecule has 1 fully saturated rings. The number of benzene rings is 2. The highest BCUT2D eigenvalue weighted by molar-refractivity contribution is 7.86. The summed E-state index contributed by atoms with van der Waals surface area (Å²) < 4.78 is 48.2. The van der Waals surface area contributed by atoms with Gasteiger partial charge in [0.1, 0.15) is 18.8 Å². The van der Waals surface area contributed by atoms with Crippen LogP contribution < -0.4 is 0 Å². The van der Waals surface area contributed by atoms with Gasteiger partial charge >= 0.3 is 12.1 Å². The van der Waals surface area contributed by atoms with Gasteiger partial charge in [0, 0.05) is 12.5 Å². The van der Waals surface area contributed by atoms with Crippen molar-refractivity contribution in [1.29, 1.82) is 0 Å². The predicted octanol–water partition coefficient (Wildman–Crippen LogP) is 4.08. The molecule has 37 heavy (non-hydrogen) atoms. The molecule has 1 heterocycles. The lowest BCUT2D eigenvalue weighted by Gasteiger charge is -2.27. The number of carbonyl (C=O) groups excluding carboxylic acids is 2. The van der Waals surface area contributed by atoms with Gasteiger partial charge in [0.15, 0.2) is 0 Å². The SMILES string of the molecule is COC(=O)[C@@H]1[C@@H](CCOC(C)(C)C)[C@@H](OS(=O)(=O)c2ccc(C)cc2)CN1C(=O)OCc1ccccc1. The van der Waals surface area contributed by atoms with E-state index < -0.39 is 45.8 Å². The number of esters is 1. The van der Waals surface area contributed by atoms with Gasteiger partial charge in [-0.2, -0.15) is 8.42 Å². The highest BCUT2D eigenvalue weighted by atomic mass is 32.2. The minimum Gasteiger partial charge on any atom is -0.467 e. The molecule has 2 aromatic carbocycles. The Morgan fingerprint density at radius 3 is 2.27 bits per heavy atom. The topological polar surface area (TPSA) is 108 Å². The molecule has 10 heteroatoms.